The summed E-state index contributed by atoms with van der Waals surface area (Å²) in [4.78, 5) is 15.0. The second-order valence-electron chi connectivity index (χ2n) is 16.8. The molecule has 0 atom stereocenters. The molecule has 0 unspecified atom stereocenters. The van der Waals surface area contributed by atoms with E-state index in [0.29, 0.717) is 0 Å². The Morgan fingerprint density at radius 2 is 0.793 bits per heavy atom. The molecule has 0 fully saturated rings. The number of rotatable bonds is 6. The maximum absolute atomic E-state index is 5.15. The number of hydrogen-bond acceptors (Lipinski definition) is 6. The lowest BCUT2D eigenvalue weighted by atomic mass is 9.79. The Morgan fingerprint density at radius 1 is 0.414 bits per heavy atom. The van der Waals surface area contributed by atoms with Crippen LogP contribution in [0.25, 0.3) is 42.7 Å². The summed E-state index contributed by atoms with van der Waals surface area (Å²) < 4.78 is 2.38. The normalized spacial score (nSPS) is 14.3. The highest BCUT2D eigenvalue weighted by Crippen LogP contribution is 2.59. The Balaban J connectivity index is 1.04. The van der Waals surface area contributed by atoms with Gasteiger partial charge in [0.15, 0.2) is 10.3 Å². The van der Waals surface area contributed by atoms with Gasteiger partial charge in [0.2, 0.25) is 0 Å². The summed E-state index contributed by atoms with van der Waals surface area (Å²) in [6.07, 6.45) is 0. The minimum absolute atomic E-state index is 0.214. The van der Waals surface area contributed by atoms with Crippen molar-refractivity contribution in [1.82, 2.24) is 9.97 Å². The Kier molecular flexibility index (Phi) is 7.69. The Morgan fingerprint density at radius 3 is 1.19 bits per heavy atom. The standard InChI is InChI=1S/C52H42N4S2/c1-31-25-35(55(33-17-9-7-10-18-33)49-53-43-21-13-15-23-45(43)57-49)27-41-47(31)37-29-40-38(30-39(37)51(41,3)4)48-32(2)26-36(28-42(48)52(40,5)6)56(34-19-11-8-12-20-34)50-54-44-22-14-16-24-46(44)58-50/h7-30H,1-6H3. The zero-order chi connectivity index (χ0) is 39.5. The van der Waals surface area contributed by atoms with Crippen LogP contribution in [0, 0.1) is 13.8 Å². The first-order valence-electron chi connectivity index (χ1n) is 20.0. The molecule has 282 valence electrons. The van der Waals surface area contributed by atoms with Crippen LogP contribution in [-0.2, 0) is 10.8 Å². The van der Waals surface area contributed by atoms with Gasteiger partial charge in [-0.3, -0.25) is 9.80 Å². The van der Waals surface area contributed by atoms with Gasteiger partial charge < -0.3 is 0 Å². The molecule has 0 bridgehead atoms. The molecule has 4 nitrogen and oxygen atoms in total. The van der Waals surface area contributed by atoms with Crippen molar-refractivity contribution in [3.05, 3.63) is 179 Å². The van der Waals surface area contributed by atoms with E-state index < -0.39 is 0 Å². The van der Waals surface area contributed by atoms with Gasteiger partial charge in [0.25, 0.3) is 0 Å². The molecule has 2 aromatic heterocycles. The van der Waals surface area contributed by atoms with Gasteiger partial charge in [0, 0.05) is 33.6 Å². The van der Waals surface area contributed by atoms with Crippen molar-refractivity contribution < 1.29 is 0 Å². The SMILES string of the molecule is Cc1cc(N(c2ccccc2)c2nc3ccccc3s2)cc2c1-c1cc3c(cc1C2(C)C)-c1c(C)cc(N(c2ccccc2)c2nc4ccccc4s2)cc1C3(C)C. The molecular formula is C52H42N4S2. The molecule has 7 aromatic carbocycles. The Bertz CT molecular complexity index is 2820. The molecular weight excluding hydrogens is 745 g/mol. The average Bonchev–Trinajstić information content (AvgIpc) is 3.95. The molecule has 2 aliphatic carbocycles. The highest BCUT2D eigenvalue weighted by molar-refractivity contribution is 7.22. The molecule has 0 spiro atoms. The van der Waals surface area contributed by atoms with Gasteiger partial charge in [-0.15, -0.1) is 0 Å². The quantitative estimate of drug-likeness (QED) is 0.168. The minimum Gasteiger partial charge on any atom is -0.286 e. The molecule has 0 aliphatic heterocycles. The van der Waals surface area contributed by atoms with Gasteiger partial charge in [-0.2, -0.15) is 0 Å². The summed E-state index contributed by atoms with van der Waals surface area (Å²) in [6, 6.07) is 52.9. The first-order valence-corrected chi connectivity index (χ1v) is 21.6. The first kappa shape index (κ1) is 35.1. The predicted molar refractivity (Wildman–Crippen MR) is 247 cm³/mol. The minimum atomic E-state index is -0.214. The van der Waals surface area contributed by atoms with Crippen LogP contribution >= 0.6 is 22.7 Å². The number of nitrogens with zero attached hydrogens (tertiary/aromatic N) is 4. The average molecular weight is 787 g/mol. The van der Waals surface area contributed by atoms with Gasteiger partial charge in [0.1, 0.15) is 0 Å². The monoisotopic (exact) mass is 786 g/mol. The summed E-state index contributed by atoms with van der Waals surface area (Å²) in [5, 5.41) is 1.95. The fraction of sp³-hybridized carbons (Fsp3) is 0.154. The molecule has 0 amide bonds. The number of fused-ring (bicyclic) bond motifs is 8. The van der Waals surface area contributed by atoms with E-state index in [4.69, 9.17) is 9.97 Å². The smallest absolute Gasteiger partial charge is 0.195 e. The zero-order valence-electron chi connectivity index (χ0n) is 33.5. The van der Waals surface area contributed by atoms with Gasteiger partial charge in [-0.1, -0.05) is 111 Å². The number of para-hydroxylation sites is 4. The van der Waals surface area contributed by atoms with Gasteiger partial charge in [-0.05, 0) is 154 Å². The second kappa shape index (κ2) is 12.7. The molecule has 6 heteroatoms. The molecule has 0 saturated carbocycles. The number of hydrogen-bond donors (Lipinski definition) is 0. The van der Waals surface area contributed by atoms with E-state index >= 15 is 0 Å². The third-order valence-corrected chi connectivity index (χ3v) is 14.6. The fourth-order valence-electron chi connectivity index (χ4n) is 9.64. The lowest BCUT2D eigenvalue weighted by Gasteiger charge is -2.27. The summed E-state index contributed by atoms with van der Waals surface area (Å²) in [7, 11) is 0. The van der Waals surface area contributed by atoms with Crippen molar-refractivity contribution >= 4 is 76.1 Å². The van der Waals surface area contributed by atoms with Crippen molar-refractivity contribution in [3.63, 3.8) is 0 Å². The van der Waals surface area contributed by atoms with E-state index in [9.17, 15) is 0 Å². The van der Waals surface area contributed by atoms with E-state index in [1.54, 1.807) is 22.7 Å². The van der Waals surface area contributed by atoms with Crippen molar-refractivity contribution in [3.8, 4) is 22.3 Å². The maximum Gasteiger partial charge on any atom is 0.195 e. The number of aryl methyl sites for hydroxylation is 2. The van der Waals surface area contributed by atoms with Crippen molar-refractivity contribution in [2.24, 2.45) is 0 Å². The summed E-state index contributed by atoms with van der Waals surface area (Å²) in [6.45, 7) is 14.2. The third-order valence-electron chi connectivity index (χ3n) is 12.5. The fourth-order valence-corrected chi connectivity index (χ4v) is 11.7. The lowest BCUT2D eigenvalue weighted by molar-refractivity contribution is 0.652. The number of aromatic nitrogens is 2. The van der Waals surface area contributed by atoms with E-state index in [1.165, 1.54) is 65.0 Å². The molecule has 58 heavy (non-hydrogen) atoms. The second-order valence-corrected chi connectivity index (χ2v) is 18.9. The number of benzene rings is 7. The summed E-state index contributed by atoms with van der Waals surface area (Å²) >= 11 is 3.48. The molecule has 0 saturated heterocycles. The first-order chi connectivity index (χ1) is 28.1. The largest absolute Gasteiger partial charge is 0.286 e. The Hall–Kier alpha value is -6.08. The molecule has 2 aliphatic rings. The van der Waals surface area contributed by atoms with Gasteiger partial charge in [-0.25, -0.2) is 9.97 Å². The van der Waals surface area contributed by atoms with Crippen LogP contribution in [0.3, 0.4) is 0 Å². The summed E-state index contributed by atoms with van der Waals surface area (Å²) in [5.41, 5.74) is 19.6. The van der Waals surface area contributed by atoms with E-state index in [-0.39, 0.29) is 10.8 Å². The number of thiazole rings is 2. The number of anilines is 6. The molecule has 0 N–H and O–H groups in total. The van der Waals surface area contributed by atoms with Crippen molar-refractivity contribution in [2.75, 3.05) is 9.80 Å². The van der Waals surface area contributed by atoms with Crippen LogP contribution in [-0.4, -0.2) is 9.97 Å². The highest BCUT2D eigenvalue weighted by atomic mass is 32.1. The zero-order valence-corrected chi connectivity index (χ0v) is 35.1. The molecule has 9 aromatic rings. The molecule has 0 radical (unpaired) electrons. The molecule has 11 rings (SSSR count). The van der Waals surface area contributed by atoms with Crippen LogP contribution in [0.4, 0.5) is 33.0 Å². The van der Waals surface area contributed by atoms with Crippen molar-refractivity contribution in [2.45, 2.75) is 52.4 Å². The highest BCUT2D eigenvalue weighted by Gasteiger charge is 2.43. The van der Waals surface area contributed by atoms with E-state index in [1.807, 2.05) is 0 Å². The van der Waals surface area contributed by atoms with E-state index in [2.05, 4.69) is 197 Å². The van der Waals surface area contributed by atoms with Crippen LogP contribution in [0.1, 0.15) is 61.1 Å². The summed E-state index contributed by atoms with van der Waals surface area (Å²) in [5.74, 6) is 0. The van der Waals surface area contributed by atoms with Crippen LogP contribution in [0.2, 0.25) is 0 Å². The van der Waals surface area contributed by atoms with Crippen LogP contribution < -0.4 is 9.80 Å². The van der Waals surface area contributed by atoms with Gasteiger partial charge in [0.05, 0.1) is 20.4 Å². The van der Waals surface area contributed by atoms with Crippen LogP contribution in [0.15, 0.2) is 146 Å². The maximum atomic E-state index is 5.15. The topological polar surface area (TPSA) is 32.3 Å². The predicted octanol–water partition coefficient (Wildman–Crippen LogP) is 15.1. The lowest BCUT2D eigenvalue weighted by Crippen LogP contribution is -2.18. The van der Waals surface area contributed by atoms with E-state index in [0.717, 1.165) is 44.0 Å². The Labute approximate surface area is 347 Å². The third kappa shape index (κ3) is 5.18. The van der Waals surface area contributed by atoms with Gasteiger partial charge >= 0.3 is 0 Å². The molecule has 2 heterocycles. The van der Waals surface area contributed by atoms with Crippen LogP contribution in [0.5, 0.6) is 0 Å². The van der Waals surface area contributed by atoms with Crippen molar-refractivity contribution in [1.29, 1.82) is 0 Å².